The Morgan fingerprint density at radius 2 is 2.00 bits per heavy atom. The number of nitrogens with one attached hydrogen (secondary N) is 1. The Morgan fingerprint density at radius 3 is 2.65 bits per heavy atom. The predicted octanol–water partition coefficient (Wildman–Crippen LogP) is 3.10. The molecule has 0 bridgehead atoms. The molecule has 0 spiro atoms. The highest BCUT2D eigenvalue weighted by atomic mass is 32.2. The Hall–Kier alpha value is -2.72. The lowest BCUT2D eigenvalue weighted by Gasteiger charge is -2.20. The van der Waals surface area contributed by atoms with E-state index in [0.717, 1.165) is 10.6 Å². The number of aromatic nitrogens is 4. The summed E-state index contributed by atoms with van der Waals surface area (Å²) in [7, 11) is 0. The van der Waals surface area contributed by atoms with Gasteiger partial charge >= 0.3 is 0 Å². The van der Waals surface area contributed by atoms with Gasteiger partial charge in [-0.2, -0.15) is 4.68 Å². The maximum absolute atomic E-state index is 12.7. The molecular formula is C21H26N6O2S2. The van der Waals surface area contributed by atoms with E-state index in [4.69, 9.17) is 0 Å². The first kappa shape index (κ1) is 23.0. The average molecular weight is 459 g/mol. The summed E-state index contributed by atoms with van der Waals surface area (Å²) in [4.78, 5) is 27.5. The zero-order valence-corrected chi connectivity index (χ0v) is 19.4. The molecule has 2 amide bonds. The van der Waals surface area contributed by atoms with Gasteiger partial charge in [-0.25, -0.2) is 0 Å². The molecule has 8 nitrogen and oxygen atoms in total. The van der Waals surface area contributed by atoms with Crippen molar-refractivity contribution in [1.29, 1.82) is 0 Å². The van der Waals surface area contributed by atoms with E-state index in [0.29, 0.717) is 24.2 Å². The first-order valence-electron chi connectivity index (χ1n) is 10.1. The van der Waals surface area contributed by atoms with Crippen LogP contribution in [0.15, 0.2) is 46.9 Å². The molecule has 0 saturated heterocycles. The SMILES string of the molecule is CCN(CC(=O)NCc1cccs1)C(=O)CSc1nnnn1-c1ccc(C(C)C)cc1. The molecule has 0 fully saturated rings. The molecular weight excluding hydrogens is 432 g/mol. The summed E-state index contributed by atoms with van der Waals surface area (Å²) in [6.45, 7) is 7.09. The van der Waals surface area contributed by atoms with Crippen molar-refractivity contribution >= 4 is 34.9 Å². The van der Waals surface area contributed by atoms with E-state index in [9.17, 15) is 9.59 Å². The van der Waals surface area contributed by atoms with Gasteiger partial charge in [0.1, 0.15) is 0 Å². The molecule has 1 aromatic carbocycles. The molecule has 1 N–H and O–H groups in total. The van der Waals surface area contributed by atoms with Crippen molar-refractivity contribution < 1.29 is 9.59 Å². The van der Waals surface area contributed by atoms with Gasteiger partial charge in [-0.05, 0) is 52.4 Å². The molecule has 3 rings (SSSR count). The van der Waals surface area contributed by atoms with E-state index in [1.807, 2.05) is 36.6 Å². The summed E-state index contributed by atoms with van der Waals surface area (Å²) in [5.41, 5.74) is 2.07. The number of nitrogens with zero attached hydrogens (tertiary/aromatic N) is 5. The van der Waals surface area contributed by atoms with Gasteiger partial charge in [-0.15, -0.1) is 16.4 Å². The molecule has 2 heterocycles. The largest absolute Gasteiger partial charge is 0.350 e. The zero-order valence-electron chi connectivity index (χ0n) is 17.8. The molecule has 0 radical (unpaired) electrons. The van der Waals surface area contributed by atoms with Crippen molar-refractivity contribution in [2.75, 3.05) is 18.8 Å². The predicted molar refractivity (Wildman–Crippen MR) is 122 cm³/mol. The summed E-state index contributed by atoms with van der Waals surface area (Å²) in [5.74, 6) is 0.278. The molecule has 0 atom stereocenters. The highest BCUT2D eigenvalue weighted by Crippen LogP contribution is 2.21. The number of hydrogen-bond donors (Lipinski definition) is 1. The number of rotatable bonds is 10. The number of thioether (sulfide) groups is 1. The van der Waals surface area contributed by atoms with Gasteiger partial charge in [0, 0.05) is 11.4 Å². The molecule has 0 saturated carbocycles. The highest BCUT2D eigenvalue weighted by molar-refractivity contribution is 7.99. The lowest BCUT2D eigenvalue weighted by atomic mass is 10.0. The van der Waals surface area contributed by atoms with Crippen LogP contribution in [0.3, 0.4) is 0 Å². The van der Waals surface area contributed by atoms with Crippen LogP contribution < -0.4 is 5.32 Å². The number of benzene rings is 1. The number of carbonyl (C=O) groups is 2. The van der Waals surface area contributed by atoms with Crippen molar-refractivity contribution in [3.05, 3.63) is 52.2 Å². The number of tetrazole rings is 1. The van der Waals surface area contributed by atoms with Crippen LogP contribution in [0, 0.1) is 0 Å². The lowest BCUT2D eigenvalue weighted by molar-refractivity contribution is -0.133. The van der Waals surface area contributed by atoms with Gasteiger partial charge in [-0.1, -0.05) is 43.8 Å². The third kappa shape index (κ3) is 6.38. The average Bonchev–Trinajstić information content (AvgIpc) is 3.46. The van der Waals surface area contributed by atoms with Gasteiger partial charge in [0.2, 0.25) is 17.0 Å². The topological polar surface area (TPSA) is 93.0 Å². The quantitative estimate of drug-likeness (QED) is 0.469. The van der Waals surface area contributed by atoms with Gasteiger partial charge in [0.25, 0.3) is 0 Å². The third-order valence-electron chi connectivity index (χ3n) is 4.68. The third-order valence-corrected chi connectivity index (χ3v) is 6.46. The van der Waals surface area contributed by atoms with Crippen molar-refractivity contribution in [3.63, 3.8) is 0 Å². The van der Waals surface area contributed by atoms with E-state index < -0.39 is 0 Å². The molecule has 10 heteroatoms. The van der Waals surface area contributed by atoms with Crippen LogP contribution >= 0.6 is 23.1 Å². The van der Waals surface area contributed by atoms with Gasteiger partial charge in [0.05, 0.1) is 24.5 Å². The van der Waals surface area contributed by atoms with Crippen LogP contribution in [0.5, 0.6) is 0 Å². The zero-order chi connectivity index (χ0) is 22.2. The molecule has 164 valence electrons. The van der Waals surface area contributed by atoms with Crippen LogP contribution in [0.4, 0.5) is 0 Å². The van der Waals surface area contributed by atoms with Gasteiger partial charge < -0.3 is 10.2 Å². The van der Waals surface area contributed by atoms with E-state index in [1.54, 1.807) is 16.0 Å². The van der Waals surface area contributed by atoms with Crippen molar-refractivity contribution in [1.82, 2.24) is 30.4 Å². The first-order valence-corrected chi connectivity index (χ1v) is 11.9. The molecule has 31 heavy (non-hydrogen) atoms. The summed E-state index contributed by atoms with van der Waals surface area (Å²) >= 11 is 2.84. The molecule has 0 unspecified atom stereocenters. The standard InChI is InChI=1S/C21H26N6O2S2/c1-4-26(13-19(28)22-12-18-6-5-11-30-18)20(29)14-31-21-23-24-25-27(21)17-9-7-16(8-10-17)15(2)3/h5-11,15H,4,12-14H2,1-3H3,(H,22,28). The molecule has 2 aromatic heterocycles. The molecule has 0 aliphatic carbocycles. The Balaban J connectivity index is 1.54. The number of hydrogen-bond acceptors (Lipinski definition) is 7. The van der Waals surface area contributed by atoms with E-state index in [2.05, 4.69) is 46.8 Å². The van der Waals surface area contributed by atoms with Crippen molar-refractivity contribution in [2.24, 2.45) is 0 Å². The second-order valence-electron chi connectivity index (χ2n) is 7.17. The fourth-order valence-corrected chi connectivity index (χ4v) is 4.29. The Morgan fingerprint density at radius 1 is 1.23 bits per heavy atom. The number of carbonyl (C=O) groups excluding carboxylic acids is 2. The first-order chi connectivity index (χ1) is 15.0. The Bertz CT molecular complexity index is 986. The number of thiophene rings is 1. The molecule has 0 aliphatic heterocycles. The molecule has 0 aliphatic rings. The van der Waals surface area contributed by atoms with E-state index >= 15 is 0 Å². The minimum Gasteiger partial charge on any atom is -0.350 e. The summed E-state index contributed by atoms with van der Waals surface area (Å²) in [5, 5.41) is 17.2. The van der Waals surface area contributed by atoms with Crippen LogP contribution in [-0.4, -0.2) is 55.8 Å². The Labute approximate surface area is 190 Å². The highest BCUT2D eigenvalue weighted by Gasteiger charge is 2.18. The summed E-state index contributed by atoms with van der Waals surface area (Å²) < 4.78 is 1.62. The van der Waals surface area contributed by atoms with Crippen LogP contribution in [-0.2, 0) is 16.1 Å². The van der Waals surface area contributed by atoms with Gasteiger partial charge in [-0.3, -0.25) is 9.59 Å². The van der Waals surface area contributed by atoms with Crippen LogP contribution in [0.2, 0.25) is 0 Å². The fourth-order valence-electron chi connectivity index (χ4n) is 2.85. The molecule has 3 aromatic rings. The second-order valence-corrected chi connectivity index (χ2v) is 9.15. The van der Waals surface area contributed by atoms with E-state index in [1.165, 1.54) is 22.2 Å². The lowest BCUT2D eigenvalue weighted by Crippen LogP contribution is -2.41. The smallest absolute Gasteiger partial charge is 0.239 e. The second kappa shape index (κ2) is 11.1. The van der Waals surface area contributed by atoms with E-state index in [-0.39, 0.29) is 24.1 Å². The normalized spacial score (nSPS) is 11.0. The Kier molecular flexibility index (Phi) is 8.19. The van der Waals surface area contributed by atoms with Crippen LogP contribution in [0.1, 0.15) is 37.1 Å². The minimum absolute atomic E-state index is 0.0306. The van der Waals surface area contributed by atoms with Crippen LogP contribution in [0.25, 0.3) is 5.69 Å². The van der Waals surface area contributed by atoms with Crippen molar-refractivity contribution in [3.8, 4) is 5.69 Å². The maximum Gasteiger partial charge on any atom is 0.239 e. The summed E-state index contributed by atoms with van der Waals surface area (Å²) in [6, 6.07) is 11.9. The van der Waals surface area contributed by atoms with Crippen molar-refractivity contribution in [2.45, 2.75) is 38.4 Å². The maximum atomic E-state index is 12.7. The monoisotopic (exact) mass is 458 g/mol. The summed E-state index contributed by atoms with van der Waals surface area (Å²) in [6.07, 6.45) is 0. The minimum atomic E-state index is -0.177. The number of amides is 2. The fraction of sp³-hybridized carbons (Fsp3) is 0.381. The van der Waals surface area contributed by atoms with Gasteiger partial charge in [0.15, 0.2) is 0 Å². The number of likely N-dealkylation sites (N-methyl/N-ethyl adjacent to an activating group) is 1.